The summed E-state index contributed by atoms with van der Waals surface area (Å²) in [6, 6.07) is 6.16. The van der Waals surface area contributed by atoms with Crippen LogP contribution in [0.5, 0.6) is 5.75 Å². The minimum absolute atomic E-state index is 0.192. The van der Waals surface area contributed by atoms with Crippen LogP contribution in [0.3, 0.4) is 0 Å². The van der Waals surface area contributed by atoms with E-state index in [-0.39, 0.29) is 11.9 Å². The van der Waals surface area contributed by atoms with Crippen molar-refractivity contribution < 1.29 is 14.3 Å². The summed E-state index contributed by atoms with van der Waals surface area (Å²) in [5.41, 5.74) is 1.96. The fraction of sp³-hybridized carbons (Fsp3) is 0.588. The third-order valence-corrected chi connectivity index (χ3v) is 4.41. The van der Waals surface area contributed by atoms with Crippen LogP contribution in [0.4, 0.5) is 0 Å². The molecule has 2 atom stereocenters. The summed E-state index contributed by atoms with van der Waals surface area (Å²) in [6.45, 7) is 6.98. The van der Waals surface area contributed by atoms with Crippen molar-refractivity contribution in [1.29, 1.82) is 0 Å². The lowest BCUT2D eigenvalue weighted by molar-refractivity contribution is -0.0523. The minimum Gasteiger partial charge on any atom is -0.493 e. The molecule has 4 nitrogen and oxygen atoms in total. The molecule has 1 saturated heterocycles. The zero-order valence-electron chi connectivity index (χ0n) is 12.8. The molecule has 1 aromatic rings. The second kappa shape index (κ2) is 6.16. The summed E-state index contributed by atoms with van der Waals surface area (Å²) < 4.78 is 11.2. The first-order valence-corrected chi connectivity index (χ1v) is 7.82. The third-order valence-electron chi connectivity index (χ3n) is 4.41. The average Bonchev–Trinajstić information content (AvgIpc) is 2.94. The van der Waals surface area contributed by atoms with Gasteiger partial charge in [0.1, 0.15) is 5.75 Å². The van der Waals surface area contributed by atoms with E-state index in [1.165, 1.54) is 0 Å². The summed E-state index contributed by atoms with van der Waals surface area (Å²) >= 11 is 0. The molecule has 0 N–H and O–H groups in total. The maximum atomic E-state index is 12.6. The molecule has 0 spiro atoms. The van der Waals surface area contributed by atoms with E-state index < -0.39 is 0 Å². The number of hydrogen-bond acceptors (Lipinski definition) is 4. The Morgan fingerprint density at radius 3 is 3.10 bits per heavy atom. The van der Waals surface area contributed by atoms with Gasteiger partial charge in [0.05, 0.1) is 25.9 Å². The predicted octanol–water partition coefficient (Wildman–Crippen LogP) is 2.30. The maximum absolute atomic E-state index is 12.6. The number of fused-ring (bicyclic) bond motifs is 1. The molecule has 4 heteroatoms. The Bertz CT molecular complexity index is 529. The molecule has 0 aromatic heterocycles. The molecule has 0 amide bonds. The van der Waals surface area contributed by atoms with E-state index in [9.17, 15) is 4.79 Å². The van der Waals surface area contributed by atoms with Gasteiger partial charge in [0, 0.05) is 24.6 Å². The Hall–Kier alpha value is -1.39. The van der Waals surface area contributed by atoms with E-state index in [0.717, 1.165) is 49.5 Å². The highest BCUT2D eigenvalue weighted by Crippen LogP contribution is 2.26. The lowest BCUT2D eigenvalue weighted by atomic mass is 10.0. The lowest BCUT2D eigenvalue weighted by Crippen LogP contribution is -2.50. The van der Waals surface area contributed by atoms with Gasteiger partial charge in [0.2, 0.25) is 0 Å². The zero-order valence-corrected chi connectivity index (χ0v) is 12.8. The van der Waals surface area contributed by atoms with Gasteiger partial charge in [-0.05, 0) is 37.1 Å². The van der Waals surface area contributed by atoms with Crippen molar-refractivity contribution in [2.75, 3.05) is 26.3 Å². The van der Waals surface area contributed by atoms with Gasteiger partial charge in [0.15, 0.2) is 5.78 Å². The van der Waals surface area contributed by atoms with E-state index in [1.807, 2.05) is 18.2 Å². The van der Waals surface area contributed by atoms with Crippen LogP contribution in [0.25, 0.3) is 0 Å². The van der Waals surface area contributed by atoms with Gasteiger partial charge < -0.3 is 9.47 Å². The molecule has 2 aliphatic rings. The molecule has 3 rings (SSSR count). The number of hydrogen-bond donors (Lipinski definition) is 0. The fourth-order valence-electron chi connectivity index (χ4n) is 3.12. The first-order valence-electron chi connectivity index (χ1n) is 7.82. The van der Waals surface area contributed by atoms with Crippen LogP contribution in [-0.2, 0) is 11.2 Å². The lowest BCUT2D eigenvalue weighted by Gasteiger charge is -2.37. The van der Waals surface area contributed by atoms with Crippen molar-refractivity contribution in [3.05, 3.63) is 29.3 Å². The highest BCUT2D eigenvalue weighted by Gasteiger charge is 2.27. The van der Waals surface area contributed by atoms with Gasteiger partial charge in [-0.15, -0.1) is 0 Å². The smallest absolute Gasteiger partial charge is 0.176 e. The van der Waals surface area contributed by atoms with E-state index in [2.05, 4.69) is 18.7 Å². The van der Waals surface area contributed by atoms with Gasteiger partial charge in [-0.25, -0.2) is 0 Å². The minimum atomic E-state index is 0.192. The summed E-state index contributed by atoms with van der Waals surface area (Å²) in [5, 5.41) is 0. The number of morpholine rings is 1. The molecule has 21 heavy (non-hydrogen) atoms. The van der Waals surface area contributed by atoms with Crippen LogP contribution in [-0.4, -0.2) is 49.1 Å². The van der Waals surface area contributed by atoms with Crippen molar-refractivity contribution in [2.45, 2.75) is 38.8 Å². The van der Waals surface area contributed by atoms with E-state index in [4.69, 9.17) is 9.47 Å². The molecule has 0 aliphatic carbocycles. The Labute approximate surface area is 126 Å². The highest BCUT2D eigenvalue weighted by molar-refractivity contribution is 5.98. The van der Waals surface area contributed by atoms with E-state index in [1.54, 1.807) is 0 Å². The number of nitrogens with zero attached hydrogens (tertiary/aromatic N) is 1. The Morgan fingerprint density at radius 1 is 1.43 bits per heavy atom. The van der Waals surface area contributed by atoms with Crippen molar-refractivity contribution in [3.63, 3.8) is 0 Å². The molecule has 2 heterocycles. The second-order valence-electron chi connectivity index (χ2n) is 5.98. The molecule has 2 aliphatic heterocycles. The molecular weight excluding hydrogens is 266 g/mol. The van der Waals surface area contributed by atoms with Crippen LogP contribution in [0.15, 0.2) is 18.2 Å². The van der Waals surface area contributed by atoms with Crippen LogP contribution < -0.4 is 4.74 Å². The number of rotatable bonds is 4. The number of ether oxygens (including phenoxy) is 2. The van der Waals surface area contributed by atoms with Crippen molar-refractivity contribution in [3.8, 4) is 5.75 Å². The fourth-order valence-corrected chi connectivity index (χ4v) is 3.12. The largest absolute Gasteiger partial charge is 0.493 e. The van der Waals surface area contributed by atoms with Crippen LogP contribution in [0, 0.1) is 0 Å². The molecule has 0 radical (unpaired) electrons. The number of benzene rings is 1. The van der Waals surface area contributed by atoms with Crippen LogP contribution >= 0.6 is 0 Å². The summed E-state index contributed by atoms with van der Waals surface area (Å²) in [4.78, 5) is 14.8. The van der Waals surface area contributed by atoms with Gasteiger partial charge in [-0.1, -0.05) is 6.92 Å². The average molecular weight is 289 g/mol. The zero-order chi connectivity index (χ0) is 14.8. The Morgan fingerprint density at radius 2 is 2.29 bits per heavy atom. The summed E-state index contributed by atoms with van der Waals surface area (Å²) in [5.74, 6) is 1.12. The molecule has 0 bridgehead atoms. The summed E-state index contributed by atoms with van der Waals surface area (Å²) in [7, 11) is 0. The maximum Gasteiger partial charge on any atom is 0.176 e. The normalized spacial score (nSPS) is 25.4. The SMILES string of the molecule is CCC1COC(C)CN1CC(=O)c1ccc2c(c1)CCO2. The van der Waals surface area contributed by atoms with E-state index in [0.29, 0.717) is 12.6 Å². The molecule has 2 unspecified atom stereocenters. The van der Waals surface area contributed by atoms with Crippen molar-refractivity contribution >= 4 is 5.78 Å². The number of ketones is 1. The Kier molecular flexibility index (Phi) is 4.27. The topological polar surface area (TPSA) is 38.8 Å². The van der Waals surface area contributed by atoms with Gasteiger partial charge >= 0.3 is 0 Å². The molecule has 114 valence electrons. The first kappa shape index (κ1) is 14.5. The predicted molar refractivity (Wildman–Crippen MR) is 81.0 cm³/mol. The van der Waals surface area contributed by atoms with Gasteiger partial charge in [-0.3, -0.25) is 9.69 Å². The molecular formula is C17H23NO3. The number of Topliss-reactive ketones (excluding diaryl/α,β-unsaturated/α-hetero) is 1. The van der Waals surface area contributed by atoms with Crippen molar-refractivity contribution in [2.24, 2.45) is 0 Å². The molecule has 1 aromatic carbocycles. The Balaban J connectivity index is 1.70. The first-order chi connectivity index (χ1) is 10.2. The molecule has 0 saturated carbocycles. The molecule has 1 fully saturated rings. The third kappa shape index (κ3) is 3.11. The van der Waals surface area contributed by atoms with Gasteiger partial charge in [-0.2, -0.15) is 0 Å². The van der Waals surface area contributed by atoms with Crippen molar-refractivity contribution in [1.82, 2.24) is 4.90 Å². The number of carbonyl (C=O) groups excluding carboxylic acids is 1. The monoisotopic (exact) mass is 289 g/mol. The second-order valence-corrected chi connectivity index (χ2v) is 5.98. The van der Waals surface area contributed by atoms with E-state index >= 15 is 0 Å². The summed E-state index contributed by atoms with van der Waals surface area (Å²) in [6.07, 6.45) is 2.12. The van der Waals surface area contributed by atoms with Crippen LogP contribution in [0.1, 0.15) is 36.2 Å². The number of carbonyl (C=O) groups is 1. The standard InChI is InChI=1S/C17H23NO3/c1-3-15-11-21-12(2)9-18(15)10-16(19)13-4-5-17-14(8-13)6-7-20-17/h4-5,8,12,15H,3,6-7,9-11H2,1-2H3. The van der Waals surface area contributed by atoms with Crippen LogP contribution in [0.2, 0.25) is 0 Å². The van der Waals surface area contributed by atoms with Gasteiger partial charge in [0.25, 0.3) is 0 Å². The quantitative estimate of drug-likeness (QED) is 0.797. The highest BCUT2D eigenvalue weighted by atomic mass is 16.5.